The predicted octanol–water partition coefficient (Wildman–Crippen LogP) is 1.40. The lowest BCUT2D eigenvalue weighted by Crippen LogP contribution is -2.30. The van der Waals surface area contributed by atoms with Gasteiger partial charge in [0.15, 0.2) is 0 Å². The number of carboxylic acid groups (broad SMARTS) is 1. The van der Waals surface area contributed by atoms with Crippen molar-refractivity contribution in [3.63, 3.8) is 0 Å². The van der Waals surface area contributed by atoms with Crippen LogP contribution in [0.25, 0.3) is 0 Å². The molecule has 0 fully saturated rings. The second-order valence-corrected chi connectivity index (χ2v) is 3.82. The van der Waals surface area contributed by atoms with Crippen molar-refractivity contribution >= 4 is 12.1 Å². The Morgan fingerprint density at radius 1 is 1.56 bits per heavy atom. The molecule has 2 unspecified atom stereocenters. The smallest absolute Gasteiger partial charge is 0.404 e. The van der Waals surface area contributed by atoms with Gasteiger partial charge in [0.05, 0.1) is 13.0 Å². The van der Waals surface area contributed by atoms with Crippen LogP contribution in [0.4, 0.5) is 4.79 Å². The van der Waals surface area contributed by atoms with Crippen molar-refractivity contribution in [2.75, 3.05) is 13.7 Å². The molecule has 0 aliphatic heterocycles. The molecule has 16 heavy (non-hydrogen) atoms. The van der Waals surface area contributed by atoms with Crippen molar-refractivity contribution in [2.24, 2.45) is 11.8 Å². The Balaban J connectivity index is 2.47. The third-order valence-corrected chi connectivity index (χ3v) is 2.80. The molecule has 0 saturated carbocycles. The fraction of sp³-hybridized carbons (Fsp3) is 0.636. The van der Waals surface area contributed by atoms with E-state index in [1.807, 2.05) is 12.2 Å². The number of carbonyl (C=O) groups excluding carboxylic acids is 1. The van der Waals surface area contributed by atoms with E-state index in [2.05, 4.69) is 5.32 Å². The van der Waals surface area contributed by atoms with Crippen LogP contribution in [0.3, 0.4) is 0 Å². The van der Waals surface area contributed by atoms with Crippen LogP contribution >= 0.6 is 0 Å². The van der Waals surface area contributed by atoms with E-state index in [0.717, 1.165) is 12.8 Å². The molecule has 5 nitrogen and oxygen atoms in total. The molecule has 0 radical (unpaired) electrons. The van der Waals surface area contributed by atoms with E-state index in [0.29, 0.717) is 13.0 Å². The molecule has 0 spiro atoms. The molecular formula is C11H17NO4. The van der Waals surface area contributed by atoms with Crippen LogP contribution in [-0.2, 0) is 9.53 Å². The third-order valence-electron chi connectivity index (χ3n) is 2.80. The van der Waals surface area contributed by atoms with Crippen LogP contribution in [0.15, 0.2) is 12.2 Å². The van der Waals surface area contributed by atoms with Gasteiger partial charge >= 0.3 is 12.1 Å². The number of esters is 1. The summed E-state index contributed by atoms with van der Waals surface area (Å²) < 4.78 is 4.74. The first kappa shape index (κ1) is 12.5. The van der Waals surface area contributed by atoms with Crippen LogP contribution in [0, 0.1) is 11.8 Å². The van der Waals surface area contributed by atoms with Crippen molar-refractivity contribution < 1.29 is 19.4 Å². The summed E-state index contributed by atoms with van der Waals surface area (Å²) in [6.07, 6.45) is 5.26. The van der Waals surface area contributed by atoms with Gasteiger partial charge in [-0.05, 0) is 25.2 Å². The van der Waals surface area contributed by atoms with Gasteiger partial charge in [0.1, 0.15) is 0 Å². The highest BCUT2D eigenvalue weighted by atomic mass is 16.5. The molecule has 0 aromatic rings. The van der Waals surface area contributed by atoms with Gasteiger partial charge in [0.2, 0.25) is 0 Å². The summed E-state index contributed by atoms with van der Waals surface area (Å²) in [5, 5.41) is 10.7. The molecule has 1 aliphatic carbocycles. The zero-order valence-corrected chi connectivity index (χ0v) is 9.31. The number of methoxy groups -OCH3 is 1. The summed E-state index contributed by atoms with van der Waals surface area (Å²) in [5.41, 5.74) is 0. The van der Waals surface area contributed by atoms with E-state index in [1.165, 1.54) is 7.11 Å². The van der Waals surface area contributed by atoms with Crippen LogP contribution in [0.2, 0.25) is 0 Å². The monoisotopic (exact) mass is 227 g/mol. The van der Waals surface area contributed by atoms with E-state index in [9.17, 15) is 9.59 Å². The summed E-state index contributed by atoms with van der Waals surface area (Å²) >= 11 is 0. The summed E-state index contributed by atoms with van der Waals surface area (Å²) in [7, 11) is 1.38. The SMILES string of the molecule is COC(=O)C1CCC=CC1CCNC(=O)O. The highest BCUT2D eigenvalue weighted by molar-refractivity contribution is 5.73. The Bertz CT molecular complexity index is 288. The second-order valence-electron chi connectivity index (χ2n) is 3.82. The van der Waals surface area contributed by atoms with E-state index in [4.69, 9.17) is 9.84 Å². The Hall–Kier alpha value is -1.52. The van der Waals surface area contributed by atoms with Crippen molar-refractivity contribution in [1.29, 1.82) is 0 Å². The number of amides is 1. The lowest BCUT2D eigenvalue weighted by atomic mass is 9.82. The molecule has 0 aromatic heterocycles. The normalized spacial score (nSPS) is 23.8. The van der Waals surface area contributed by atoms with Gasteiger partial charge in [0, 0.05) is 6.54 Å². The highest BCUT2D eigenvalue weighted by Crippen LogP contribution is 2.28. The molecule has 2 N–H and O–H groups in total. The van der Waals surface area contributed by atoms with Gasteiger partial charge in [-0.15, -0.1) is 0 Å². The molecule has 0 heterocycles. The summed E-state index contributed by atoms with van der Waals surface area (Å²) in [6.45, 7) is 0.359. The van der Waals surface area contributed by atoms with E-state index < -0.39 is 6.09 Å². The maximum Gasteiger partial charge on any atom is 0.404 e. The van der Waals surface area contributed by atoms with Crippen molar-refractivity contribution in [3.8, 4) is 0 Å². The molecule has 5 heteroatoms. The van der Waals surface area contributed by atoms with Crippen LogP contribution in [0.1, 0.15) is 19.3 Å². The summed E-state index contributed by atoms with van der Waals surface area (Å²) in [4.78, 5) is 21.8. The quantitative estimate of drug-likeness (QED) is 0.562. The summed E-state index contributed by atoms with van der Waals surface area (Å²) in [6, 6.07) is 0. The average Bonchev–Trinajstić information content (AvgIpc) is 2.28. The standard InChI is InChI=1S/C11H17NO4/c1-16-10(13)9-5-3-2-4-8(9)6-7-12-11(14)15/h2,4,8-9,12H,3,5-7H2,1H3,(H,14,15). The first-order valence-corrected chi connectivity index (χ1v) is 5.36. The molecular weight excluding hydrogens is 210 g/mol. The maximum absolute atomic E-state index is 11.5. The van der Waals surface area contributed by atoms with Crippen LogP contribution in [-0.4, -0.2) is 30.8 Å². The van der Waals surface area contributed by atoms with E-state index >= 15 is 0 Å². The lowest BCUT2D eigenvalue weighted by Gasteiger charge is -2.25. The largest absolute Gasteiger partial charge is 0.469 e. The Morgan fingerprint density at radius 2 is 2.31 bits per heavy atom. The van der Waals surface area contributed by atoms with Crippen LogP contribution < -0.4 is 5.32 Å². The van der Waals surface area contributed by atoms with Gasteiger partial charge in [-0.1, -0.05) is 12.2 Å². The minimum absolute atomic E-state index is 0.0769. The Morgan fingerprint density at radius 3 is 2.94 bits per heavy atom. The zero-order valence-electron chi connectivity index (χ0n) is 9.31. The number of nitrogens with one attached hydrogen (secondary N) is 1. The predicted molar refractivity (Wildman–Crippen MR) is 58.0 cm³/mol. The molecule has 0 aromatic carbocycles. The molecule has 0 bridgehead atoms. The van der Waals surface area contributed by atoms with Crippen molar-refractivity contribution in [2.45, 2.75) is 19.3 Å². The summed E-state index contributed by atoms with van der Waals surface area (Å²) in [5.74, 6) is -0.261. The topological polar surface area (TPSA) is 75.6 Å². The fourth-order valence-electron chi connectivity index (χ4n) is 1.98. The van der Waals surface area contributed by atoms with E-state index in [-0.39, 0.29) is 17.8 Å². The van der Waals surface area contributed by atoms with Gasteiger partial charge in [0.25, 0.3) is 0 Å². The molecule has 1 aliphatic rings. The van der Waals surface area contributed by atoms with Gasteiger partial charge in [-0.3, -0.25) is 4.79 Å². The Labute approximate surface area is 94.5 Å². The number of ether oxygens (including phenoxy) is 1. The highest BCUT2D eigenvalue weighted by Gasteiger charge is 2.28. The average molecular weight is 227 g/mol. The number of rotatable bonds is 4. The maximum atomic E-state index is 11.5. The number of carbonyl (C=O) groups is 2. The minimum Gasteiger partial charge on any atom is -0.469 e. The molecule has 1 rings (SSSR count). The van der Waals surface area contributed by atoms with Crippen molar-refractivity contribution in [3.05, 3.63) is 12.2 Å². The second kappa shape index (κ2) is 6.15. The molecule has 2 atom stereocenters. The lowest BCUT2D eigenvalue weighted by molar-refractivity contribution is -0.147. The van der Waals surface area contributed by atoms with Gasteiger partial charge in [-0.25, -0.2) is 4.79 Å². The molecule has 0 saturated heterocycles. The third kappa shape index (κ3) is 3.56. The van der Waals surface area contributed by atoms with Crippen LogP contribution in [0.5, 0.6) is 0 Å². The number of allylic oxidation sites excluding steroid dienone is 2. The first-order chi connectivity index (χ1) is 7.65. The van der Waals surface area contributed by atoms with Gasteiger partial charge in [-0.2, -0.15) is 0 Å². The first-order valence-electron chi connectivity index (χ1n) is 5.36. The van der Waals surface area contributed by atoms with E-state index in [1.54, 1.807) is 0 Å². The number of hydrogen-bond acceptors (Lipinski definition) is 3. The van der Waals surface area contributed by atoms with Gasteiger partial charge < -0.3 is 15.2 Å². The fourth-order valence-corrected chi connectivity index (χ4v) is 1.98. The Kier molecular flexibility index (Phi) is 4.82. The number of hydrogen-bond donors (Lipinski definition) is 2. The minimum atomic E-state index is -1.03. The molecule has 1 amide bonds. The zero-order chi connectivity index (χ0) is 12.0. The van der Waals surface area contributed by atoms with Crippen molar-refractivity contribution in [1.82, 2.24) is 5.32 Å². The molecule has 90 valence electrons.